The number of ether oxygens (including phenoxy) is 2. The Bertz CT molecular complexity index is 340. The summed E-state index contributed by atoms with van der Waals surface area (Å²) in [4.78, 5) is 0. The number of hydrogen-bond donors (Lipinski definition) is 1. The van der Waals surface area contributed by atoms with Gasteiger partial charge in [-0.25, -0.2) is 0 Å². The molecule has 0 saturated carbocycles. The van der Waals surface area contributed by atoms with Crippen LogP contribution in [0.2, 0.25) is 0 Å². The number of rotatable bonds is 4. The molecule has 0 fully saturated rings. The van der Waals surface area contributed by atoms with Crippen LogP contribution in [0.15, 0.2) is 24.3 Å². The van der Waals surface area contributed by atoms with E-state index < -0.39 is 0 Å². The number of para-hydroxylation sites is 2. The lowest BCUT2D eigenvalue weighted by atomic mass is 10.1. The Hall–Kier alpha value is -1.22. The molecule has 1 aliphatic heterocycles. The number of fused-ring (bicyclic) bond motifs is 1. The van der Waals surface area contributed by atoms with Crippen molar-refractivity contribution in [1.29, 1.82) is 0 Å². The molecule has 2 atom stereocenters. The highest BCUT2D eigenvalue weighted by atomic mass is 16.6. The van der Waals surface area contributed by atoms with Gasteiger partial charge in [-0.3, -0.25) is 0 Å². The summed E-state index contributed by atoms with van der Waals surface area (Å²) >= 11 is 0. The zero-order chi connectivity index (χ0) is 11.4. The average molecular weight is 221 g/mol. The molecule has 1 aliphatic rings. The van der Waals surface area contributed by atoms with Crippen molar-refractivity contribution in [3.63, 3.8) is 0 Å². The molecule has 0 aromatic heterocycles. The van der Waals surface area contributed by atoms with E-state index >= 15 is 0 Å². The van der Waals surface area contributed by atoms with Crippen LogP contribution in [-0.4, -0.2) is 18.8 Å². The van der Waals surface area contributed by atoms with Crippen molar-refractivity contribution in [2.24, 2.45) is 5.73 Å². The average Bonchev–Trinajstić information content (AvgIpc) is 2.35. The van der Waals surface area contributed by atoms with Crippen molar-refractivity contribution in [3.8, 4) is 11.5 Å². The van der Waals surface area contributed by atoms with E-state index in [1.807, 2.05) is 24.3 Å². The van der Waals surface area contributed by atoms with E-state index in [1.54, 1.807) is 0 Å². The van der Waals surface area contributed by atoms with Crippen LogP contribution in [0.4, 0.5) is 0 Å². The largest absolute Gasteiger partial charge is 0.486 e. The van der Waals surface area contributed by atoms with Crippen molar-refractivity contribution >= 4 is 0 Å². The molecule has 1 aromatic rings. The predicted molar refractivity (Wildman–Crippen MR) is 63.9 cm³/mol. The first-order chi connectivity index (χ1) is 7.81. The predicted octanol–water partition coefficient (Wildman–Crippen LogP) is 2.34. The van der Waals surface area contributed by atoms with Gasteiger partial charge in [-0.05, 0) is 18.6 Å². The summed E-state index contributed by atoms with van der Waals surface area (Å²) in [6.07, 6.45) is 3.29. The monoisotopic (exact) mass is 221 g/mol. The fourth-order valence-corrected chi connectivity index (χ4v) is 1.87. The Labute approximate surface area is 96.5 Å². The molecule has 3 heteroatoms. The molecule has 2 unspecified atom stereocenters. The minimum Gasteiger partial charge on any atom is -0.486 e. The van der Waals surface area contributed by atoms with Gasteiger partial charge in [0.2, 0.25) is 0 Å². The lowest BCUT2D eigenvalue weighted by molar-refractivity contribution is 0.0696. The van der Waals surface area contributed by atoms with E-state index in [4.69, 9.17) is 15.2 Å². The van der Waals surface area contributed by atoms with Gasteiger partial charge in [-0.1, -0.05) is 31.9 Å². The van der Waals surface area contributed by atoms with Crippen LogP contribution in [0, 0.1) is 0 Å². The molecule has 0 saturated heterocycles. The molecule has 88 valence electrons. The SMILES string of the molecule is CCCCC(N)C1COc2ccccc2O1. The van der Waals surface area contributed by atoms with Crippen LogP contribution in [-0.2, 0) is 0 Å². The quantitative estimate of drug-likeness (QED) is 0.848. The Morgan fingerprint density at radius 3 is 2.88 bits per heavy atom. The third-order valence-corrected chi connectivity index (χ3v) is 2.90. The summed E-state index contributed by atoms with van der Waals surface area (Å²) in [6, 6.07) is 7.80. The van der Waals surface area contributed by atoms with Gasteiger partial charge < -0.3 is 15.2 Å². The van der Waals surface area contributed by atoms with E-state index in [0.717, 1.165) is 30.8 Å². The third-order valence-electron chi connectivity index (χ3n) is 2.90. The highest BCUT2D eigenvalue weighted by Crippen LogP contribution is 2.31. The summed E-state index contributed by atoms with van der Waals surface area (Å²) in [5.74, 6) is 1.63. The second-order valence-corrected chi connectivity index (χ2v) is 4.22. The molecule has 16 heavy (non-hydrogen) atoms. The Morgan fingerprint density at radius 2 is 2.12 bits per heavy atom. The summed E-state index contributed by atoms with van der Waals surface area (Å²) < 4.78 is 11.5. The molecule has 0 aliphatic carbocycles. The summed E-state index contributed by atoms with van der Waals surface area (Å²) in [7, 11) is 0. The molecule has 2 N–H and O–H groups in total. The van der Waals surface area contributed by atoms with Crippen LogP contribution in [0.5, 0.6) is 11.5 Å². The minimum absolute atomic E-state index is 0.0125. The van der Waals surface area contributed by atoms with Gasteiger partial charge in [0.25, 0.3) is 0 Å². The molecule has 0 bridgehead atoms. The fourth-order valence-electron chi connectivity index (χ4n) is 1.87. The fraction of sp³-hybridized carbons (Fsp3) is 0.538. The van der Waals surface area contributed by atoms with Gasteiger partial charge in [0, 0.05) is 6.04 Å². The zero-order valence-electron chi connectivity index (χ0n) is 9.69. The molecular weight excluding hydrogens is 202 g/mol. The van der Waals surface area contributed by atoms with E-state index in [9.17, 15) is 0 Å². The van der Waals surface area contributed by atoms with E-state index in [0.29, 0.717) is 6.61 Å². The van der Waals surface area contributed by atoms with Crippen LogP contribution >= 0.6 is 0 Å². The van der Waals surface area contributed by atoms with Crippen LogP contribution in [0.25, 0.3) is 0 Å². The molecule has 1 heterocycles. The summed E-state index contributed by atoms with van der Waals surface area (Å²) in [6.45, 7) is 2.72. The molecule has 0 amide bonds. The lowest BCUT2D eigenvalue weighted by Crippen LogP contribution is -2.44. The second kappa shape index (κ2) is 5.21. The molecule has 1 aromatic carbocycles. The van der Waals surface area contributed by atoms with Crippen LogP contribution in [0.3, 0.4) is 0 Å². The second-order valence-electron chi connectivity index (χ2n) is 4.22. The molecule has 0 radical (unpaired) electrons. The van der Waals surface area contributed by atoms with Crippen molar-refractivity contribution in [2.75, 3.05) is 6.61 Å². The standard InChI is InChI=1S/C13H19NO2/c1-2-3-6-10(14)13-9-15-11-7-4-5-8-12(11)16-13/h4-5,7-8,10,13H,2-3,6,9,14H2,1H3. The van der Waals surface area contributed by atoms with Crippen LogP contribution < -0.4 is 15.2 Å². The highest BCUT2D eigenvalue weighted by molar-refractivity contribution is 5.40. The number of benzene rings is 1. The smallest absolute Gasteiger partial charge is 0.161 e. The number of nitrogens with two attached hydrogens (primary N) is 1. The van der Waals surface area contributed by atoms with Crippen molar-refractivity contribution in [2.45, 2.75) is 38.3 Å². The van der Waals surface area contributed by atoms with Gasteiger partial charge >= 0.3 is 0 Å². The van der Waals surface area contributed by atoms with Crippen molar-refractivity contribution < 1.29 is 9.47 Å². The molecule has 2 rings (SSSR count). The van der Waals surface area contributed by atoms with E-state index in [1.165, 1.54) is 0 Å². The Kier molecular flexibility index (Phi) is 3.67. The maximum absolute atomic E-state index is 6.09. The van der Waals surface area contributed by atoms with Crippen LogP contribution in [0.1, 0.15) is 26.2 Å². The number of unbranched alkanes of at least 4 members (excludes halogenated alkanes) is 1. The first-order valence-electron chi connectivity index (χ1n) is 5.95. The highest BCUT2D eigenvalue weighted by Gasteiger charge is 2.25. The van der Waals surface area contributed by atoms with Gasteiger partial charge in [-0.15, -0.1) is 0 Å². The summed E-state index contributed by atoms with van der Waals surface area (Å²) in [5, 5.41) is 0. The first kappa shape index (κ1) is 11.3. The van der Waals surface area contributed by atoms with E-state index in [-0.39, 0.29) is 12.1 Å². The maximum atomic E-state index is 6.09. The normalized spacial score (nSPS) is 20.5. The van der Waals surface area contributed by atoms with Crippen molar-refractivity contribution in [3.05, 3.63) is 24.3 Å². The Balaban J connectivity index is 1.97. The van der Waals surface area contributed by atoms with Gasteiger partial charge in [-0.2, -0.15) is 0 Å². The molecule has 0 spiro atoms. The number of hydrogen-bond acceptors (Lipinski definition) is 3. The third kappa shape index (κ3) is 2.47. The topological polar surface area (TPSA) is 44.5 Å². The van der Waals surface area contributed by atoms with Crippen molar-refractivity contribution in [1.82, 2.24) is 0 Å². The lowest BCUT2D eigenvalue weighted by Gasteiger charge is -2.30. The molecule has 3 nitrogen and oxygen atoms in total. The maximum Gasteiger partial charge on any atom is 0.161 e. The molecular formula is C13H19NO2. The van der Waals surface area contributed by atoms with Gasteiger partial charge in [0.15, 0.2) is 11.5 Å². The van der Waals surface area contributed by atoms with Gasteiger partial charge in [0.1, 0.15) is 12.7 Å². The van der Waals surface area contributed by atoms with E-state index in [2.05, 4.69) is 6.92 Å². The van der Waals surface area contributed by atoms with Gasteiger partial charge in [0.05, 0.1) is 0 Å². The minimum atomic E-state index is -0.0125. The zero-order valence-corrected chi connectivity index (χ0v) is 9.69. The first-order valence-corrected chi connectivity index (χ1v) is 5.95. The summed E-state index contributed by atoms with van der Waals surface area (Å²) in [5.41, 5.74) is 6.09. The Morgan fingerprint density at radius 1 is 1.38 bits per heavy atom.